The second kappa shape index (κ2) is 5.25. The number of rotatable bonds is 1. The monoisotopic (exact) mass is 355 g/mol. The highest BCUT2D eigenvalue weighted by molar-refractivity contribution is 7.91. The van der Waals surface area contributed by atoms with Crippen molar-refractivity contribution in [2.45, 2.75) is 32.1 Å². The van der Waals surface area contributed by atoms with Crippen LogP contribution >= 0.6 is 0 Å². The maximum absolute atomic E-state index is 14.3. The molecule has 24 heavy (non-hydrogen) atoms. The van der Waals surface area contributed by atoms with Crippen LogP contribution in [0.4, 0.5) is 14.5 Å². The summed E-state index contributed by atoms with van der Waals surface area (Å²) < 4.78 is 51.1. The third kappa shape index (κ3) is 2.44. The van der Waals surface area contributed by atoms with E-state index in [0.29, 0.717) is 37.8 Å². The van der Waals surface area contributed by atoms with Gasteiger partial charge in [-0.3, -0.25) is 4.79 Å². The molecule has 0 radical (unpaired) electrons. The zero-order valence-corrected chi connectivity index (χ0v) is 14.0. The Bertz CT molecular complexity index is 807. The molecule has 1 aromatic rings. The van der Waals surface area contributed by atoms with Crippen molar-refractivity contribution in [2.75, 3.05) is 23.0 Å². The topological polar surface area (TPSA) is 54.5 Å². The minimum Gasteiger partial charge on any atom is -0.309 e. The number of anilines is 1. The number of fused-ring (bicyclic) bond motifs is 1. The molecule has 4 nitrogen and oxygen atoms in total. The van der Waals surface area contributed by atoms with E-state index < -0.39 is 21.5 Å². The van der Waals surface area contributed by atoms with Crippen LogP contribution < -0.4 is 4.90 Å². The quantitative estimate of drug-likeness (QED) is 0.778. The number of sulfone groups is 1. The first kappa shape index (κ1) is 16.0. The largest absolute Gasteiger partial charge is 0.309 e. The molecule has 130 valence electrons. The maximum Gasteiger partial charge on any atom is 0.230 e. The van der Waals surface area contributed by atoms with E-state index in [1.807, 2.05) is 0 Å². The summed E-state index contributed by atoms with van der Waals surface area (Å²) in [6, 6.07) is 2.65. The molecular formula is C17H19F2NO3S. The molecule has 1 unspecified atom stereocenters. The number of carbonyl (C=O) groups excluding carboxylic acids is 1. The van der Waals surface area contributed by atoms with Crippen LogP contribution in [0.1, 0.15) is 31.2 Å². The lowest BCUT2D eigenvalue weighted by atomic mass is 9.94. The van der Waals surface area contributed by atoms with Gasteiger partial charge in [0, 0.05) is 12.5 Å². The predicted molar refractivity (Wildman–Crippen MR) is 85.5 cm³/mol. The average Bonchev–Trinajstić information content (AvgIpc) is 3.27. The Balaban J connectivity index is 1.59. The highest BCUT2D eigenvalue weighted by Crippen LogP contribution is 2.60. The van der Waals surface area contributed by atoms with Gasteiger partial charge in [-0.1, -0.05) is 6.07 Å². The molecule has 1 saturated carbocycles. The normalized spacial score (nSPS) is 26.9. The van der Waals surface area contributed by atoms with Gasteiger partial charge in [-0.25, -0.2) is 17.2 Å². The van der Waals surface area contributed by atoms with Crippen LogP contribution in [0.25, 0.3) is 0 Å². The molecule has 0 N–H and O–H groups in total. The SMILES string of the molecule is O=C(C1CC12CCS(=O)(=O)CC2)N1CCCc2ccc(F)c(F)c21. The van der Waals surface area contributed by atoms with E-state index in [4.69, 9.17) is 0 Å². The molecule has 1 amide bonds. The van der Waals surface area contributed by atoms with Crippen LogP contribution in [0, 0.1) is 23.0 Å². The number of carbonyl (C=O) groups is 1. The lowest BCUT2D eigenvalue weighted by Gasteiger charge is -2.31. The van der Waals surface area contributed by atoms with Gasteiger partial charge in [0.2, 0.25) is 5.91 Å². The summed E-state index contributed by atoms with van der Waals surface area (Å²) in [7, 11) is -2.98. The van der Waals surface area contributed by atoms with E-state index in [9.17, 15) is 22.0 Å². The van der Waals surface area contributed by atoms with Crippen LogP contribution in [-0.2, 0) is 21.1 Å². The molecule has 1 atom stereocenters. The van der Waals surface area contributed by atoms with E-state index in [1.165, 1.54) is 4.90 Å². The molecule has 1 aliphatic carbocycles. The fourth-order valence-corrected chi connectivity index (χ4v) is 5.85. The molecule has 2 aliphatic heterocycles. The third-order valence-corrected chi connectivity index (χ3v) is 7.48. The Kier molecular flexibility index (Phi) is 3.50. The zero-order chi connectivity index (χ0) is 17.1. The van der Waals surface area contributed by atoms with Gasteiger partial charge in [-0.15, -0.1) is 0 Å². The average molecular weight is 355 g/mol. The second-order valence-electron chi connectivity index (χ2n) is 7.23. The highest BCUT2D eigenvalue weighted by Gasteiger charge is 2.60. The van der Waals surface area contributed by atoms with Gasteiger partial charge >= 0.3 is 0 Å². The van der Waals surface area contributed by atoms with Crippen LogP contribution in [0.3, 0.4) is 0 Å². The first-order valence-corrected chi connectivity index (χ1v) is 10.1. The summed E-state index contributed by atoms with van der Waals surface area (Å²) in [4.78, 5) is 14.3. The van der Waals surface area contributed by atoms with E-state index in [-0.39, 0.29) is 34.4 Å². The molecule has 3 aliphatic rings. The van der Waals surface area contributed by atoms with Crippen LogP contribution in [0.2, 0.25) is 0 Å². The summed E-state index contributed by atoms with van der Waals surface area (Å²) >= 11 is 0. The van der Waals surface area contributed by atoms with Crippen molar-refractivity contribution in [2.24, 2.45) is 11.3 Å². The first-order chi connectivity index (χ1) is 11.3. The van der Waals surface area contributed by atoms with Crippen molar-refractivity contribution in [3.63, 3.8) is 0 Å². The number of aryl methyl sites for hydroxylation is 1. The van der Waals surface area contributed by atoms with Crippen LogP contribution in [0.5, 0.6) is 0 Å². The van der Waals surface area contributed by atoms with Gasteiger partial charge in [-0.2, -0.15) is 0 Å². The van der Waals surface area contributed by atoms with Crippen LogP contribution in [0.15, 0.2) is 12.1 Å². The predicted octanol–water partition coefficient (Wildman–Crippen LogP) is 2.46. The summed E-state index contributed by atoms with van der Waals surface area (Å²) in [5, 5.41) is 0. The van der Waals surface area contributed by atoms with Gasteiger partial charge in [0.15, 0.2) is 11.6 Å². The lowest BCUT2D eigenvalue weighted by Crippen LogP contribution is -2.39. The first-order valence-electron chi connectivity index (χ1n) is 8.32. The minimum absolute atomic E-state index is 0.0803. The van der Waals surface area contributed by atoms with Crippen molar-refractivity contribution in [3.05, 3.63) is 29.3 Å². The van der Waals surface area contributed by atoms with Crippen molar-refractivity contribution in [1.29, 1.82) is 0 Å². The Morgan fingerprint density at radius 3 is 2.62 bits per heavy atom. The zero-order valence-electron chi connectivity index (χ0n) is 13.2. The fourth-order valence-electron chi connectivity index (χ4n) is 4.22. The molecule has 1 saturated heterocycles. The van der Waals surface area contributed by atoms with Gasteiger partial charge in [0.1, 0.15) is 9.84 Å². The smallest absolute Gasteiger partial charge is 0.230 e. The molecule has 2 fully saturated rings. The minimum atomic E-state index is -2.98. The van der Waals surface area contributed by atoms with Crippen molar-refractivity contribution in [3.8, 4) is 0 Å². The molecule has 1 aromatic carbocycles. The number of halogens is 2. The number of hydrogen-bond donors (Lipinski definition) is 0. The van der Waals surface area contributed by atoms with Gasteiger partial charge in [0.05, 0.1) is 17.2 Å². The molecule has 7 heteroatoms. The molecule has 1 spiro atoms. The third-order valence-electron chi connectivity index (χ3n) is 5.83. The van der Waals surface area contributed by atoms with Gasteiger partial charge in [-0.05, 0) is 49.1 Å². The number of hydrogen-bond acceptors (Lipinski definition) is 3. The lowest BCUT2D eigenvalue weighted by molar-refractivity contribution is -0.120. The summed E-state index contributed by atoms with van der Waals surface area (Å²) in [6.45, 7) is 0.386. The second-order valence-corrected chi connectivity index (χ2v) is 9.54. The number of amides is 1. The summed E-state index contributed by atoms with van der Waals surface area (Å²) in [6.07, 6.45) is 3.00. The van der Waals surface area contributed by atoms with Gasteiger partial charge in [0.25, 0.3) is 0 Å². The van der Waals surface area contributed by atoms with E-state index >= 15 is 0 Å². The summed E-state index contributed by atoms with van der Waals surface area (Å²) in [5.41, 5.74) is 0.496. The van der Waals surface area contributed by atoms with Crippen molar-refractivity contribution < 1.29 is 22.0 Å². The van der Waals surface area contributed by atoms with Crippen LogP contribution in [-0.4, -0.2) is 32.4 Å². The van der Waals surface area contributed by atoms with E-state index in [1.54, 1.807) is 6.07 Å². The Morgan fingerprint density at radius 2 is 1.92 bits per heavy atom. The molecule has 0 aromatic heterocycles. The number of benzene rings is 1. The van der Waals surface area contributed by atoms with Gasteiger partial charge < -0.3 is 4.90 Å². The maximum atomic E-state index is 14.3. The van der Waals surface area contributed by atoms with Crippen molar-refractivity contribution in [1.82, 2.24) is 0 Å². The molecule has 2 heterocycles. The van der Waals surface area contributed by atoms with E-state index in [0.717, 1.165) is 12.5 Å². The fraction of sp³-hybridized carbons (Fsp3) is 0.588. The Morgan fingerprint density at radius 1 is 1.21 bits per heavy atom. The standard InChI is InChI=1S/C17H19F2NO3S/c18-13-4-3-11-2-1-7-20(15(11)14(13)19)16(21)12-10-17(12)5-8-24(22,23)9-6-17/h3-4,12H,1-2,5-10H2. The Labute approximate surface area is 139 Å². The molecule has 4 rings (SSSR count). The number of nitrogens with zero attached hydrogens (tertiary/aromatic N) is 1. The highest BCUT2D eigenvalue weighted by atomic mass is 32.2. The van der Waals surface area contributed by atoms with E-state index in [2.05, 4.69) is 0 Å². The Hall–Kier alpha value is -1.50. The molecule has 0 bridgehead atoms. The summed E-state index contributed by atoms with van der Waals surface area (Å²) in [5.74, 6) is -2.10. The van der Waals surface area contributed by atoms with Crippen molar-refractivity contribution >= 4 is 21.4 Å². The molecular weight excluding hydrogens is 336 g/mol.